The van der Waals surface area contributed by atoms with Crippen LogP contribution >= 0.6 is 0 Å². The van der Waals surface area contributed by atoms with Gasteiger partial charge in [0.15, 0.2) is 0 Å². The van der Waals surface area contributed by atoms with Crippen molar-refractivity contribution < 1.29 is 9.53 Å². The number of carbonyl (C=O) groups excluding carboxylic acids is 1. The molecule has 1 amide bonds. The van der Waals surface area contributed by atoms with Gasteiger partial charge in [0.25, 0.3) is 0 Å². The lowest BCUT2D eigenvalue weighted by Crippen LogP contribution is -2.43. The van der Waals surface area contributed by atoms with E-state index in [1.165, 1.54) is 5.56 Å². The molecule has 1 fully saturated rings. The quantitative estimate of drug-likeness (QED) is 0.818. The Morgan fingerprint density at radius 2 is 2.47 bits per heavy atom. The Bertz CT molecular complexity index is 475. The number of hydrogen-bond donors (Lipinski definition) is 0. The first-order valence-corrected chi connectivity index (χ1v) is 7.17. The lowest BCUT2D eigenvalue weighted by molar-refractivity contribution is -0.131. The van der Waals surface area contributed by atoms with Gasteiger partial charge in [0.05, 0.1) is 12.0 Å². The van der Waals surface area contributed by atoms with E-state index in [2.05, 4.69) is 11.9 Å². The topological polar surface area (TPSA) is 42.4 Å². The van der Waals surface area contributed by atoms with Crippen molar-refractivity contribution in [2.75, 3.05) is 18.1 Å². The maximum Gasteiger partial charge on any atom is 0.232 e. The molecule has 0 radical (unpaired) electrons. The van der Waals surface area contributed by atoms with Crippen LogP contribution in [0.3, 0.4) is 0 Å². The molecular weight excluding hydrogens is 240 g/mol. The molecule has 4 nitrogen and oxygen atoms in total. The van der Waals surface area contributed by atoms with Gasteiger partial charge in [-0.3, -0.25) is 9.78 Å². The standard InChI is InChI=1S/C15H20N2O2/c1-2-14-12(4-3-9-19-14)15(18)17-8-6-11-10-16-7-5-13(11)17/h5,7,10,12,14H,2-4,6,8-9H2,1H3/t12-,14+/m1/s1. The van der Waals surface area contributed by atoms with Crippen LogP contribution in [0.2, 0.25) is 0 Å². The molecular formula is C15H20N2O2. The Morgan fingerprint density at radius 1 is 1.58 bits per heavy atom. The van der Waals surface area contributed by atoms with Crippen molar-refractivity contribution in [3.8, 4) is 0 Å². The predicted molar refractivity (Wildman–Crippen MR) is 73.0 cm³/mol. The van der Waals surface area contributed by atoms with Gasteiger partial charge in [-0.25, -0.2) is 0 Å². The summed E-state index contributed by atoms with van der Waals surface area (Å²) in [6.07, 6.45) is 7.49. The molecule has 3 rings (SSSR count). The predicted octanol–water partition coefficient (Wildman–Crippen LogP) is 2.18. The van der Waals surface area contributed by atoms with E-state index in [9.17, 15) is 4.79 Å². The average molecular weight is 260 g/mol. The summed E-state index contributed by atoms with van der Waals surface area (Å²) in [5.41, 5.74) is 2.22. The summed E-state index contributed by atoms with van der Waals surface area (Å²) >= 11 is 0. The molecule has 102 valence electrons. The average Bonchev–Trinajstić information content (AvgIpc) is 2.90. The van der Waals surface area contributed by atoms with Crippen molar-refractivity contribution in [2.24, 2.45) is 5.92 Å². The Labute approximate surface area is 113 Å². The highest BCUT2D eigenvalue weighted by atomic mass is 16.5. The minimum absolute atomic E-state index is 0.0258. The lowest BCUT2D eigenvalue weighted by atomic mass is 9.91. The van der Waals surface area contributed by atoms with Crippen LogP contribution in [-0.2, 0) is 16.0 Å². The summed E-state index contributed by atoms with van der Waals surface area (Å²) in [5, 5.41) is 0. The van der Waals surface area contributed by atoms with E-state index < -0.39 is 0 Å². The molecule has 2 aliphatic rings. The van der Waals surface area contributed by atoms with Crippen LogP contribution in [0.15, 0.2) is 18.5 Å². The van der Waals surface area contributed by atoms with Crippen LogP contribution in [-0.4, -0.2) is 30.1 Å². The molecule has 2 atom stereocenters. The van der Waals surface area contributed by atoms with E-state index in [4.69, 9.17) is 4.74 Å². The van der Waals surface area contributed by atoms with Gasteiger partial charge in [0, 0.05) is 31.2 Å². The zero-order valence-electron chi connectivity index (χ0n) is 11.3. The second-order valence-corrected chi connectivity index (χ2v) is 5.31. The molecule has 4 heteroatoms. The zero-order chi connectivity index (χ0) is 13.2. The van der Waals surface area contributed by atoms with Crippen molar-refractivity contribution in [3.05, 3.63) is 24.0 Å². The van der Waals surface area contributed by atoms with Crippen molar-refractivity contribution in [1.29, 1.82) is 0 Å². The summed E-state index contributed by atoms with van der Waals surface area (Å²) < 4.78 is 5.75. The summed E-state index contributed by atoms with van der Waals surface area (Å²) in [4.78, 5) is 18.8. The Balaban J connectivity index is 1.81. The number of amides is 1. The first kappa shape index (κ1) is 12.6. The second kappa shape index (κ2) is 5.29. The summed E-state index contributed by atoms with van der Waals surface area (Å²) in [7, 11) is 0. The highest BCUT2D eigenvalue weighted by Crippen LogP contribution is 2.32. The van der Waals surface area contributed by atoms with Crippen molar-refractivity contribution >= 4 is 11.6 Å². The molecule has 0 saturated carbocycles. The number of ether oxygens (including phenoxy) is 1. The molecule has 0 N–H and O–H groups in total. The fourth-order valence-electron chi connectivity index (χ4n) is 3.18. The van der Waals surface area contributed by atoms with Crippen LogP contribution in [0.25, 0.3) is 0 Å². The van der Waals surface area contributed by atoms with Crippen LogP contribution in [0.1, 0.15) is 31.7 Å². The third-order valence-corrected chi connectivity index (χ3v) is 4.20. The van der Waals surface area contributed by atoms with Gasteiger partial charge in [-0.15, -0.1) is 0 Å². The number of aromatic nitrogens is 1. The van der Waals surface area contributed by atoms with Gasteiger partial charge < -0.3 is 9.64 Å². The van der Waals surface area contributed by atoms with E-state index >= 15 is 0 Å². The SMILES string of the molecule is CC[C@@H]1OCCC[C@H]1C(=O)N1CCc2cnccc21. The van der Waals surface area contributed by atoms with Gasteiger partial charge in [0.2, 0.25) is 5.91 Å². The normalized spacial score (nSPS) is 26.3. The number of carbonyl (C=O) groups is 1. The van der Waals surface area contributed by atoms with E-state index in [-0.39, 0.29) is 17.9 Å². The summed E-state index contributed by atoms with van der Waals surface area (Å²) in [5.74, 6) is 0.259. The minimum Gasteiger partial charge on any atom is -0.377 e. The molecule has 1 aromatic heterocycles. The van der Waals surface area contributed by atoms with Crippen molar-refractivity contribution in [3.63, 3.8) is 0 Å². The number of rotatable bonds is 2. The molecule has 0 unspecified atom stereocenters. The van der Waals surface area contributed by atoms with Crippen LogP contribution in [0.4, 0.5) is 5.69 Å². The smallest absolute Gasteiger partial charge is 0.232 e. The maximum atomic E-state index is 12.8. The number of hydrogen-bond acceptors (Lipinski definition) is 3. The van der Waals surface area contributed by atoms with Gasteiger partial charge in [0.1, 0.15) is 0 Å². The summed E-state index contributed by atoms with van der Waals surface area (Å²) in [6, 6.07) is 1.95. The molecule has 3 heterocycles. The second-order valence-electron chi connectivity index (χ2n) is 5.31. The lowest BCUT2D eigenvalue weighted by Gasteiger charge is -2.33. The molecule has 19 heavy (non-hydrogen) atoms. The first-order valence-electron chi connectivity index (χ1n) is 7.17. The van der Waals surface area contributed by atoms with Gasteiger partial charge in [-0.05, 0) is 37.3 Å². The fourth-order valence-corrected chi connectivity index (χ4v) is 3.18. The molecule has 2 aliphatic heterocycles. The highest BCUT2D eigenvalue weighted by Gasteiger charge is 2.36. The molecule has 1 aromatic rings. The monoisotopic (exact) mass is 260 g/mol. The number of anilines is 1. The first-order chi connectivity index (χ1) is 9.31. The third-order valence-electron chi connectivity index (χ3n) is 4.20. The Morgan fingerprint density at radius 3 is 3.32 bits per heavy atom. The minimum atomic E-state index is 0.0258. The largest absolute Gasteiger partial charge is 0.377 e. The Kier molecular flexibility index (Phi) is 3.51. The molecule has 0 spiro atoms. The number of fused-ring (bicyclic) bond motifs is 1. The number of pyridine rings is 1. The molecule has 0 aliphatic carbocycles. The fraction of sp³-hybridized carbons (Fsp3) is 0.600. The van der Waals surface area contributed by atoms with Crippen LogP contribution in [0, 0.1) is 5.92 Å². The maximum absolute atomic E-state index is 12.8. The zero-order valence-corrected chi connectivity index (χ0v) is 11.3. The Hall–Kier alpha value is -1.42. The van der Waals surface area contributed by atoms with Gasteiger partial charge in [-0.1, -0.05) is 6.92 Å². The molecule has 0 aromatic carbocycles. The van der Waals surface area contributed by atoms with E-state index in [1.54, 1.807) is 6.20 Å². The van der Waals surface area contributed by atoms with E-state index in [0.29, 0.717) is 0 Å². The van der Waals surface area contributed by atoms with Crippen LogP contribution in [0.5, 0.6) is 0 Å². The van der Waals surface area contributed by atoms with E-state index in [1.807, 2.05) is 17.2 Å². The van der Waals surface area contributed by atoms with Crippen LogP contribution < -0.4 is 4.90 Å². The van der Waals surface area contributed by atoms with Gasteiger partial charge in [-0.2, -0.15) is 0 Å². The summed E-state index contributed by atoms with van der Waals surface area (Å²) in [6.45, 7) is 3.67. The highest BCUT2D eigenvalue weighted by molar-refractivity contribution is 5.97. The van der Waals surface area contributed by atoms with Crippen molar-refractivity contribution in [1.82, 2.24) is 4.98 Å². The molecule has 1 saturated heterocycles. The third kappa shape index (κ3) is 2.25. The van der Waals surface area contributed by atoms with E-state index in [0.717, 1.165) is 44.5 Å². The van der Waals surface area contributed by atoms with Crippen molar-refractivity contribution in [2.45, 2.75) is 38.7 Å². The van der Waals surface area contributed by atoms with Gasteiger partial charge >= 0.3 is 0 Å². The number of nitrogens with zero attached hydrogens (tertiary/aromatic N) is 2. The molecule has 0 bridgehead atoms.